The summed E-state index contributed by atoms with van der Waals surface area (Å²) >= 11 is 0. The zero-order valence-electron chi connectivity index (χ0n) is 9.26. The molecular weight excluding hydrogens is 164 g/mol. The Labute approximate surface area is 80.7 Å². The molecule has 2 heteroatoms. The van der Waals surface area contributed by atoms with E-state index in [1.807, 2.05) is 34.6 Å². The predicted molar refractivity (Wildman–Crippen MR) is 53.5 cm³/mol. The van der Waals surface area contributed by atoms with E-state index in [4.69, 9.17) is 0 Å². The molecule has 0 aromatic heterocycles. The number of ketones is 2. The fraction of sp³-hybridized carbons (Fsp3) is 0.818. The van der Waals surface area contributed by atoms with Crippen molar-refractivity contribution >= 4 is 11.6 Å². The Bertz CT molecular complexity index is 192. The van der Waals surface area contributed by atoms with Gasteiger partial charge in [0.15, 0.2) is 0 Å². The van der Waals surface area contributed by atoms with Crippen molar-refractivity contribution in [2.75, 3.05) is 0 Å². The minimum Gasteiger partial charge on any atom is -0.299 e. The monoisotopic (exact) mass is 184 g/mol. The van der Waals surface area contributed by atoms with Crippen molar-refractivity contribution in [3.05, 3.63) is 0 Å². The van der Waals surface area contributed by atoms with Crippen molar-refractivity contribution < 1.29 is 9.59 Å². The van der Waals surface area contributed by atoms with Crippen LogP contribution in [0.2, 0.25) is 0 Å². The first-order valence-electron chi connectivity index (χ1n) is 4.91. The molecule has 0 fully saturated rings. The van der Waals surface area contributed by atoms with Gasteiger partial charge in [-0.15, -0.1) is 0 Å². The Morgan fingerprint density at radius 1 is 0.923 bits per heavy atom. The molecule has 0 saturated carbocycles. The lowest BCUT2D eigenvalue weighted by atomic mass is 9.89. The molecule has 0 aliphatic rings. The van der Waals surface area contributed by atoms with Gasteiger partial charge in [0.25, 0.3) is 0 Å². The fourth-order valence-corrected chi connectivity index (χ4v) is 0.909. The zero-order chi connectivity index (χ0) is 10.6. The van der Waals surface area contributed by atoms with Gasteiger partial charge in [0.1, 0.15) is 11.6 Å². The van der Waals surface area contributed by atoms with Crippen molar-refractivity contribution in [3.8, 4) is 0 Å². The third kappa shape index (κ3) is 4.20. The second-order valence-corrected chi connectivity index (χ2v) is 4.30. The average Bonchev–Trinajstić information content (AvgIpc) is 2.02. The maximum atomic E-state index is 11.5. The molecule has 2 nitrogen and oxygen atoms in total. The number of rotatable bonds is 5. The number of hydrogen-bond donors (Lipinski definition) is 0. The van der Waals surface area contributed by atoms with Gasteiger partial charge in [-0.05, 0) is 5.92 Å². The quantitative estimate of drug-likeness (QED) is 0.615. The van der Waals surface area contributed by atoms with Gasteiger partial charge in [0.05, 0.1) is 6.42 Å². The Morgan fingerprint density at radius 3 is 1.69 bits per heavy atom. The zero-order valence-corrected chi connectivity index (χ0v) is 9.26. The maximum absolute atomic E-state index is 11.5. The molecule has 0 heterocycles. The predicted octanol–water partition coefficient (Wildman–Crippen LogP) is 2.46. The summed E-state index contributed by atoms with van der Waals surface area (Å²) in [5.41, 5.74) is 0. The molecule has 0 rings (SSSR count). The Kier molecular flexibility index (Phi) is 4.89. The largest absolute Gasteiger partial charge is 0.299 e. The molecule has 0 aromatic rings. The van der Waals surface area contributed by atoms with E-state index in [-0.39, 0.29) is 29.8 Å². The molecule has 76 valence electrons. The molecule has 0 amide bonds. The fourth-order valence-electron chi connectivity index (χ4n) is 0.909. The van der Waals surface area contributed by atoms with Crippen molar-refractivity contribution in [1.29, 1.82) is 0 Å². The van der Waals surface area contributed by atoms with Gasteiger partial charge in [-0.3, -0.25) is 9.59 Å². The summed E-state index contributed by atoms with van der Waals surface area (Å²) in [5.74, 6) is 0.435. The van der Waals surface area contributed by atoms with Crippen LogP contribution in [0.1, 0.15) is 41.0 Å². The highest BCUT2D eigenvalue weighted by Crippen LogP contribution is 2.14. The van der Waals surface area contributed by atoms with E-state index in [9.17, 15) is 9.59 Å². The standard InChI is InChI=1S/C11H20O2/c1-7(2)9(5)11(13)6-10(12)8(3)4/h7-9H,6H2,1-5H3. The first kappa shape index (κ1) is 12.3. The first-order chi connectivity index (χ1) is 5.86. The molecule has 0 bridgehead atoms. The summed E-state index contributed by atoms with van der Waals surface area (Å²) < 4.78 is 0. The second kappa shape index (κ2) is 5.15. The summed E-state index contributed by atoms with van der Waals surface area (Å²) in [6.45, 7) is 9.55. The Hall–Kier alpha value is -0.660. The van der Waals surface area contributed by atoms with Crippen molar-refractivity contribution in [2.45, 2.75) is 41.0 Å². The molecule has 0 radical (unpaired) electrons. The van der Waals surface area contributed by atoms with Gasteiger partial charge in [-0.25, -0.2) is 0 Å². The first-order valence-corrected chi connectivity index (χ1v) is 4.91. The van der Waals surface area contributed by atoms with Crippen LogP contribution in [-0.2, 0) is 9.59 Å². The average molecular weight is 184 g/mol. The van der Waals surface area contributed by atoms with Gasteiger partial charge < -0.3 is 0 Å². The van der Waals surface area contributed by atoms with Gasteiger partial charge in [-0.2, -0.15) is 0 Å². The van der Waals surface area contributed by atoms with E-state index in [1.54, 1.807) is 0 Å². The normalized spacial score (nSPS) is 13.5. The Balaban J connectivity index is 4.08. The van der Waals surface area contributed by atoms with Crippen LogP contribution in [0.3, 0.4) is 0 Å². The third-order valence-corrected chi connectivity index (χ3v) is 2.50. The Morgan fingerprint density at radius 2 is 1.38 bits per heavy atom. The topological polar surface area (TPSA) is 34.1 Å². The molecule has 0 spiro atoms. The van der Waals surface area contributed by atoms with Crippen molar-refractivity contribution in [1.82, 2.24) is 0 Å². The minimum absolute atomic E-state index is 0.00250. The number of carbonyl (C=O) groups excluding carboxylic acids is 2. The smallest absolute Gasteiger partial charge is 0.143 e. The molecule has 0 N–H and O–H groups in total. The lowest BCUT2D eigenvalue weighted by Crippen LogP contribution is -2.22. The van der Waals surface area contributed by atoms with Gasteiger partial charge >= 0.3 is 0 Å². The molecule has 1 atom stereocenters. The van der Waals surface area contributed by atoms with Gasteiger partial charge in [0.2, 0.25) is 0 Å². The van der Waals surface area contributed by atoms with Gasteiger partial charge in [0, 0.05) is 11.8 Å². The van der Waals surface area contributed by atoms with Crippen LogP contribution in [0.15, 0.2) is 0 Å². The van der Waals surface area contributed by atoms with Crippen LogP contribution in [0.5, 0.6) is 0 Å². The van der Waals surface area contributed by atoms with E-state index < -0.39 is 0 Å². The SMILES string of the molecule is CC(C)C(=O)CC(=O)C(C)C(C)C. The maximum Gasteiger partial charge on any atom is 0.143 e. The summed E-state index contributed by atoms with van der Waals surface area (Å²) in [5, 5.41) is 0. The highest BCUT2D eigenvalue weighted by Gasteiger charge is 2.20. The van der Waals surface area contributed by atoms with Crippen molar-refractivity contribution in [2.24, 2.45) is 17.8 Å². The molecular formula is C11H20O2. The highest BCUT2D eigenvalue weighted by molar-refractivity contribution is 6.00. The molecule has 13 heavy (non-hydrogen) atoms. The highest BCUT2D eigenvalue weighted by atomic mass is 16.1. The van der Waals surface area contributed by atoms with Crippen LogP contribution in [0.4, 0.5) is 0 Å². The third-order valence-electron chi connectivity index (χ3n) is 2.50. The minimum atomic E-state index is -0.0247. The van der Waals surface area contributed by atoms with Crippen LogP contribution < -0.4 is 0 Å². The summed E-state index contributed by atoms with van der Waals surface area (Å²) in [7, 11) is 0. The van der Waals surface area contributed by atoms with E-state index in [0.717, 1.165) is 0 Å². The van der Waals surface area contributed by atoms with Crippen LogP contribution in [-0.4, -0.2) is 11.6 Å². The molecule has 0 saturated heterocycles. The van der Waals surface area contributed by atoms with E-state index in [1.165, 1.54) is 0 Å². The lowest BCUT2D eigenvalue weighted by Gasteiger charge is -2.14. The molecule has 0 aromatic carbocycles. The molecule has 0 aliphatic carbocycles. The van der Waals surface area contributed by atoms with Crippen LogP contribution >= 0.6 is 0 Å². The number of Topliss-reactive ketones (excluding diaryl/α,β-unsaturated/α-hetero) is 2. The second-order valence-electron chi connectivity index (χ2n) is 4.30. The van der Waals surface area contributed by atoms with Gasteiger partial charge in [-0.1, -0.05) is 34.6 Å². The van der Waals surface area contributed by atoms with E-state index in [2.05, 4.69) is 0 Å². The summed E-state index contributed by atoms with van der Waals surface area (Å²) in [6.07, 6.45) is 0.108. The molecule has 1 unspecified atom stereocenters. The summed E-state index contributed by atoms with van der Waals surface area (Å²) in [6, 6.07) is 0. The lowest BCUT2D eigenvalue weighted by molar-refractivity contribution is -0.131. The van der Waals surface area contributed by atoms with E-state index >= 15 is 0 Å². The van der Waals surface area contributed by atoms with Crippen LogP contribution in [0.25, 0.3) is 0 Å². The van der Waals surface area contributed by atoms with Crippen molar-refractivity contribution in [3.63, 3.8) is 0 Å². The van der Waals surface area contributed by atoms with E-state index in [0.29, 0.717) is 5.92 Å². The van der Waals surface area contributed by atoms with Crippen LogP contribution in [0, 0.1) is 17.8 Å². The number of hydrogen-bond acceptors (Lipinski definition) is 2. The number of carbonyl (C=O) groups is 2. The molecule has 0 aliphatic heterocycles. The summed E-state index contributed by atoms with van der Waals surface area (Å²) in [4.78, 5) is 22.7.